The Morgan fingerprint density at radius 1 is 1.25 bits per heavy atom. The molecule has 0 aliphatic rings. The summed E-state index contributed by atoms with van der Waals surface area (Å²) in [5, 5.41) is 11.2. The zero-order valence-electron chi connectivity index (χ0n) is 10.1. The lowest BCUT2D eigenvalue weighted by atomic mass is 10.2. The third-order valence-electron chi connectivity index (χ3n) is 2.34. The number of hydrogen-bond acceptors (Lipinski definition) is 4. The molecule has 5 nitrogen and oxygen atoms in total. The number of nitrogens with one attached hydrogen (secondary N) is 1. The van der Waals surface area contributed by atoms with E-state index >= 15 is 0 Å². The normalized spacial score (nSPS) is 10.3. The minimum absolute atomic E-state index is 0.00859. The number of benzene rings is 1. The Morgan fingerprint density at radius 3 is 2.35 bits per heavy atom. The summed E-state index contributed by atoms with van der Waals surface area (Å²) in [6.07, 6.45) is 0. The maximum Gasteiger partial charge on any atom is 0.347 e. The molecule has 1 amide bonds. The molecule has 20 heavy (non-hydrogen) atoms. The van der Waals surface area contributed by atoms with Gasteiger partial charge >= 0.3 is 5.97 Å². The predicted molar refractivity (Wildman–Crippen MR) is 68.1 cm³/mol. The Balaban J connectivity index is 2.23. The number of thiazole rings is 1. The van der Waals surface area contributed by atoms with Crippen LogP contribution in [0.5, 0.6) is 0 Å². The second kappa shape index (κ2) is 5.33. The molecule has 0 bridgehead atoms. The maximum atomic E-state index is 13.0. The lowest BCUT2D eigenvalue weighted by Gasteiger charge is -2.02. The van der Waals surface area contributed by atoms with Crippen LogP contribution in [-0.2, 0) is 0 Å². The molecule has 1 heterocycles. The van der Waals surface area contributed by atoms with Crippen LogP contribution in [0.15, 0.2) is 18.2 Å². The fourth-order valence-corrected chi connectivity index (χ4v) is 2.30. The fraction of sp³-hybridized carbons (Fsp3) is 0.0833. The molecular weight excluding hydrogens is 290 g/mol. The monoisotopic (exact) mass is 298 g/mol. The molecule has 1 aromatic carbocycles. The molecule has 0 aliphatic carbocycles. The quantitative estimate of drug-likeness (QED) is 0.913. The summed E-state index contributed by atoms with van der Waals surface area (Å²) in [6, 6.07) is 2.39. The van der Waals surface area contributed by atoms with Gasteiger partial charge in [-0.1, -0.05) is 11.3 Å². The summed E-state index contributed by atoms with van der Waals surface area (Å²) in [6.45, 7) is 1.48. The number of aryl methyl sites for hydroxylation is 1. The van der Waals surface area contributed by atoms with E-state index in [0.29, 0.717) is 6.07 Å². The number of carboxylic acid groups (broad SMARTS) is 1. The molecule has 2 rings (SSSR count). The molecule has 0 saturated carbocycles. The molecule has 8 heteroatoms. The van der Waals surface area contributed by atoms with Crippen molar-refractivity contribution in [2.75, 3.05) is 5.32 Å². The van der Waals surface area contributed by atoms with Crippen LogP contribution in [0.1, 0.15) is 25.7 Å². The summed E-state index contributed by atoms with van der Waals surface area (Å²) in [5.74, 6) is -3.68. The third-order valence-corrected chi connectivity index (χ3v) is 3.40. The van der Waals surface area contributed by atoms with E-state index in [4.69, 9.17) is 5.11 Å². The second-order valence-electron chi connectivity index (χ2n) is 3.85. The number of carbonyl (C=O) groups is 2. The second-order valence-corrected chi connectivity index (χ2v) is 4.85. The Kier molecular flexibility index (Phi) is 3.75. The topological polar surface area (TPSA) is 79.3 Å². The van der Waals surface area contributed by atoms with Crippen LogP contribution in [0.25, 0.3) is 0 Å². The van der Waals surface area contributed by atoms with Gasteiger partial charge in [-0.15, -0.1) is 0 Å². The predicted octanol–water partition coefficient (Wildman–Crippen LogP) is 2.68. The zero-order valence-corrected chi connectivity index (χ0v) is 10.9. The fourth-order valence-electron chi connectivity index (χ4n) is 1.50. The highest BCUT2D eigenvalue weighted by molar-refractivity contribution is 7.17. The number of rotatable bonds is 3. The first-order valence-electron chi connectivity index (χ1n) is 5.35. The van der Waals surface area contributed by atoms with Gasteiger partial charge in [0, 0.05) is 11.6 Å². The molecule has 0 atom stereocenters. The summed E-state index contributed by atoms with van der Waals surface area (Å²) in [5.41, 5.74) is 0.0375. The Labute approximate surface area is 115 Å². The van der Waals surface area contributed by atoms with Gasteiger partial charge in [-0.05, 0) is 19.1 Å². The van der Waals surface area contributed by atoms with Gasteiger partial charge in [0.05, 0.1) is 5.69 Å². The van der Waals surface area contributed by atoms with Crippen LogP contribution < -0.4 is 5.32 Å². The molecule has 0 aliphatic heterocycles. The van der Waals surface area contributed by atoms with Gasteiger partial charge in [0.2, 0.25) is 0 Å². The van der Waals surface area contributed by atoms with Crippen molar-refractivity contribution >= 4 is 28.3 Å². The molecule has 104 valence electrons. The van der Waals surface area contributed by atoms with Gasteiger partial charge in [-0.25, -0.2) is 18.6 Å². The minimum Gasteiger partial charge on any atom is -0.477 e. The first-order chi connectivity index (χ1) is 9.36. The zero-order chi connectivity index (χ0) is 14.9. The summed E-state index contributed by atoms with van der Waals surface area (Å²) in [7, 11) is 0. The minimum atomic E-state index is -1.16. The van der Waals surface area contributed by atoms with Gasteiger partial charge in [-0.2, -0.15) is 0 Å². The lowest BCUT2D eigenvalue weighted by molar-refractivity contribution is 0.0701. The van der Waals surface area contributed by atoms with Gasteiger partial charge in [0.1, 0.15) is 16.5 Å². The van der Waals surface area contributed by atoms with Crippen LogP contribution in [0.4, 0.5) is 13.9 Å². The van der Waals surface area contributed by atoms with Crippen LogP contribution >= 0.6 is 11.3 Å². The van der Waals surface area contributed by atoms with Crippen molar-refractivity contribution in [3.05, 3.63) is 46.0 Å². The van der Waals surface area contributed by atoms with Gasteiger partial charge in [0.15, 0.2) is 5.13 Å². The van der Waals surface area contributed by atoms with E-state index in [0.717, 1.165) is 23.5 Å². The van der Waals surface area contributed by atoms with Crippen molar-refractivity contribution in [2.24, 2.45) is 0 Å². The Morgan fingerprint density at radius 2 is 1.85 bits per heavy atom. The molecule has 2 N–H and O–H groups in total. The van der Waals surface area contributed by atoms with Crippen molar-refractivity contribution in [3.63, 3.8) is 0 Å². The molecule has 0 fully saturated rings. The number of nitrogens with zero attached hydrogens (tertiary/aromatic N) is 1. The first-order valence-corrected chi connectivity index (χ1v) is 6.16. The van der Waals surface area contributed by atoms with Gasteiger partial charge < -0.3 is 5.11 Å². The van der Waals surface area contributed by atoms with Crippen LogP contribution in [0, 0.1) is 18.6 Å². The molecule has 1 aromatic heterocycles. The van der Waals surface area contributed by atoms with E-state index in [2.05, 4.69) is 10.3 Å². The number of amides is 1. The van der Waals surface area contributed by atoms with E-state index in [1.54, 1.807) is 0 Å². The van der Waals surface area contributed by atoms with Crippen molar-refractivity contribution in [3.8, 4) is 0 Å². The Bertz CT molecular complexity index is 680. The van der Waals surface area contributed by atoms with Crippen molar-refractivity contribution in [2.45, 2.75) is 6.92 Å². The molecule has 0 unspecified atom stereocenters. The number of anilines is 1. The van der Waals surface area contributed by atoms with Crippen LogP contribution in [-0.4, -0.2) is 22.0 Å². The van der Waals surface area contributed by atoms with Crippen molar-refractivity contribution in [1.82, 2.24) is 4.98 Å². The summed E-state index contributed by atoms with van der Waals surface area (Å²) >= 11 is 0.769. The highest BCUT2D eigenvalue weighted by Gasteiger charge is 2.16. The molecule has 2 aromatic rings. The van der Waals surface area contributed by atoms with E-state index < -0.39 is 23.5 Å². The SMILES string of the molecule is Cc1nc(NC(=O)c2cc(F)cc(F)c2)sc1C(=O)O. The molecule has 0 saturated heterocycles. The Hall–Kier alpha value is -2.35. The number of aromatic carboxylic acids is 1. The molecule has 0 spiro atoms. The largest absolute Gasteiger partial charge is 0.477 e. The smallest absolute Gasteiger partial charge is 0.347 e. The number of carbonyl (C=O) groups excluding carboxylic acids is 1. The number of halogens is 2. The number of carboxylic acids is 1. The van der Waals surface area contributed by atoms with Crippen molar-refractivity contribution < 1.29 is 23.5 Å². The average molecular weight is 298 g/mol. The highest BCUT2D eigenvalue weighted by atomic mass is 32.1. The van der Waals surface area contributed by atoms with E-state index in [9.17, 15) is 18.4 Å². The molecular formula is C12H8F2N2O3S. The maximum absolute atomic E-state index is 13.0. The van der Waals surface area contributed by atoms with Gasteiger partial charge in [-0.3, -0.25) is 10.1 Å². The third kappa shape index (κ3) is 2.97. The van der Waals surface area contributed by atoms with Gasteiger partial charge in [0.25, 0.3) is 5.91 Å². The van der Waals surface area contributed by atoms with Crippen molar-refractivity contribution in [1.29, 1.82) is 0 Å². The standard InChI is InChI=1S/C12H8F2N2O3S/c1-5-9(11(18)19)20-12(15-5)16-10(17)6-2-7(13)4-8(14)3-6/h2-4H,1H3,(H,18,19)(H,15,16,17). The van der Waals surface area contributed by atoms with Crippen LogP contribution in [0.2, 0.25) is 0 Å². The molecule has 0 radical (unpaired) electrons. The van der Waals surface area contributed by atoms with E-state index in [-0.39, 0.29) is 21.3 Å². The summed E-state index contributed by atoms with van der Waals surface area (Å²) < 4.78 is 26.0. The average Bonchev–Trinajstić information content (AvgIpc) is 2.69. The van der Waals surface area contributed by atoms with E-state index in [1.807, 2.05) is 0 Å². The number of aromatic nitrogens is 1. The summed E-state index contributed by atoms with van der Waals surface area (Å²) in [4.78, 5) is 26.5. The van der Waals surface area contributed by atoms with Crippen LogP contribution in [0.3, 0.4) is 0 Å². The lowest BCUT2D eigenvalue weighted by Crippen LogP contribution is -2.12. The highest BCUT2D eigenvalue weighted by Crippen LogP contribution is 2.23. The first kappa shape index (κ1) is 14.1. The van der Waals surface area contributed by atoms with E-state index in [1.165, 1.54) is 6.92 Å². The number of hydrogen-bond donors (Lipinski definition) is 2.